The van der Waals surface area contributed by atoms with Crippen LogP contribution in [0.5, 0.6) is 5.75 Å². The molecule has 0 atom stereocenters. The molecule has 1 aromatic carbocycles. The van der Waals surface area contributed by atoms with E-state index >= 15 is 0 Å². The molecule has 4 saturated carbocycles. The minimum Gasteiger partial charge on any atom is -0.473 e. The van der Waals surface area contributed by atoms with Crippen LogP contribution >= 0.6 is 0 Å². The van der Waals surface area contributed by atoms with Gasteiger partial charge in [-0.15, -0.1) is 0 Å². The first kappa shape index (κ1) is 16.7. The van der Waals surface area contributed by atoms with Crippen molar-refractivity contribution in [2.75, 3.05) is 6.73 Å². The Bertz CT molecular complexity index is 647. The van der Waals surface area contributed by atoms with Crippen LogP contribution in [0.3, 0.4) is 0 Å². The van der Waals surface area contributed by atoms with Gasteiger partial charge in [-0.2, -0.15) is 0 Å². The van der Waals surface area contributed by atoms with Crippen molar-refractivity contribution < 1.29 is 9.53 Å². The molecule has 2 N–H and O–H groups in total. The Balaban J connectivity index is 1.32. The first-order valence-corrected chi connectivity index (χ1v) is 9.70. The topological polar surface area (TPSA) is 50.4 Å². The van der Waals surface area contributed by atoms with Gasteiger partial charge in [-0.25, -0.2) is 4.79 Å². The average molecular weight is 342 g/mol. The van der Waals surface area contributed by atoms with E-state index in [1.54, 1.807) is 0 Å². The average Bonchev–Trinajstić information content (AvgIpc) is 2.52. The molecule has 4 bridgehead atoms. The molecule has 4 aliphatic carbocycles. The second-order valence-electron chi connectivity index (χ2n) is 8.77. The molecule has 0 radical (unpaired) electrons. The third-order valence-corrected chi connectivity index (χ3v) is 6.74. The van der Waals surface area contributed by atoms with Crippen LogP contribution in [0.15, 0.2) is 12.1 Å². The van der Waals surface area contributed by atoms with Gasteiger partial charge in [0.25, 0.3) is 0 Å². The summed E-state index contributed by atoms with van der Waals surface area (Å²) in [5.41, 5.74) is 3.50. The van der Waals surface area contributed by atoms with Crippen molar-refractivity contribution >= 4 is 6.03 Å². The number of hydrogen-bond donors (Lipinski definition) is 2. The molecule has 0 saturated heterocycles. The summed E-state index contributed by atoms with van der Waals surface area (Å²) in [6.07, 6.45) is 7.67. The van der Waals surface area contributed by atoms with E-state index in [0.717, 1.165) is 34.6 Å². The van der Waals surface area contributed by atoms with Crippen LogP contribution in [0.2, 0.25) is 0 Å². The molecule has 0 aromatic heterocycles. The van der Waals surface area contributed by atoms with E-state index in [9.17, 15) is 4.79 Å². The Kier molecular flexibility index (Phi) is 4.17. The van der Waals surface area contributed by atoms with E-state index in [-0.39, 0.29) is 18.3 Å². The van der Waals surface area contributed by atoms with Crippen molar-refractivity contribution in [3.63, 3.8) is 0 Å². The standard InChI is InChI=1S/C21H30N2O2/c1-13-4-5-14(2)19(15(13)3)25-12-22-20(24)23-21-9-16-6-17(10-21)8-18(7-16)11-21/h4-5,16-18H,6-12H2,1-3H3,(H2,22,23,24). The lowest BCUT2D eigenvalue weighted by Gasteiger charge is -2.56. The van der Waals surface area contributed by atoms with Gasteiger partial charge in [0, 0.05) is 5.54 Å². The van der Waals surface area contributed by atoms with Gasteiger partial charge in [0.1, 0.15) is 5.75 Å². The minimum absolute atomic E-state index is 0.0496. The summed E-state index contributed by atoms with van der Waals surface area (Å²) in [4.78, 5) is 12.5. The Morgan fingerprint density at radius 1 is 1.04 bits per heavy atom. The molecule has 4 nitrogen and oxygen atoms in total. The van der Waals surface area contributed by atoms with Crippen LogP contribution in [0, 0.1) is 38.5 Å². The Morgan fingerprint density at radius 3 is 2.20 bits per heavy atom. The van der Waals surface area contributed by atoms with Crippen molar-refractivity contribution in [1.29, 1.82) is 0 Å². The number of rotatable bonds is 4. The quantitative estimate of drug-likeness (QED) is 0.805. The highest BCUT2D eigenvalue weighted by atomic mass is 16.5. The maximum atomic E-state index is 12.5. The van der Waals surface area contributed by atoms with Gasteiger partial charge in [0.15, 0.2) is 6.73 Å². The van der Waals surface area contributed by atoms with Crippen molar-refractivity contribution in [3.8, 4) is 5.75 Å². The normalized spacial score (nSPS) is 32.5. The summed E-state index contributed by atoms with van der Waals surface area (Å²) in [7, 11) is 0. The van der Waals surface area contributed by atoms with Crippen LogP contribution < -0.4 is 15.4 Å². The van der Waals surface area contributed by atoms with Gasteiger partial charge in [0.2, 0.25) is 0 Å². The molecular weight excluding hydrogens is 312 g/mol. The number of amides is 2. The highest BCUT2D eigenvalue weighted by Crippen LogP contribution is 2.55. The van der Waals surface area contributed by atoms with Crippen molar-refractivity contribution in [1.82, 2.24) is 10.6 Å². The predicted octanol–water partition coefficient (Wildman–Crippen LogP) is 4.22. The number of carbonyl (C=O) groups excluding carboxylic acids is 1. The molecular formula is C21H30N2O2. The third-order valence-electron chi connectivity index (χ3n) is 6.74. The fourth-order valence-electron chi connectivity index (χ4n) is 5.87. The van der Waals surface area contributed by atoms with Crippen LogP contribution in [0.25, 0.3) is 0 Å². The molecule has 136 valence electrons. The number of hydrogen-bond acceptors (Lipinski definition) is 2. The van der Waals surface area contributed by atoms with Gasteiger partial charge in [-0.3, -0.25) is 0 Å². The summed E-state index contributed by atoms with van der Waals surface area (Å²) >= 11 is 0. The molecule has 0 unspecified atom stereocenters. The van der Waals surface area contributed by atoms with Gasteiger partial charge in [-0.1, -0.05) is 12.1 Å². The van der Waals surface area contributed by atoms with E-state index in [0.29, 0.717) is 0 Å². The van der Waals surface area contributed by atoms with Crippen molar-refractivity contribution in [2.24, 2.45) is 17.8 Å². The van der Waals surface area contributed by atoms with Gasteiger partial charge >= 0.3 is 6.03 Å². The van der Waals surface area contributed by atoms with Crippen molar-refractivity contribution in [2.45, 2.75) is 64.8 Å². The second-order valence-corrected chi connectivity index (χ2v) is 8.77. The molecule has 0 aliphatic heterocycles. The monoisotopic (exact) mass is 342 g/mol. The zero-order chi connectivity index (χ0) is 17.6. The fraction of sp³-hybridized carbons (Fsp3) is 0.667. The van der Waals surface area contributed by atoms with Gasteiger partial charge in [-0.05, 0) is 93.7 Å². The Hall–Kier alpha value is -1.71. The minimum atomic E-state index is -0.0788. The number of aryl methyl sites for hydroxylation is 2. The van der Waals surface area contributed by atoms with Crippen LogP contribution in [-0.2, 0) is 0 Å². The van der Waals surface area contributed by atoms with E-state index in [2.05, 4.69) is 36.6 Å². The molecule has 25 heavy (non-hydrogen) atoms. The predicted molar refractivity (Wildman–Crippen MR) is 98.7 cm³/mol. The van der Waals surface area contributed by atoms with Crippen LogP contribution in [0.1, 0.15) is 55.2 Å². The van der Waals surface area contributed by atoms with E-state index in [1.807, 2.05) is 6.92 Å². The second kappa shape index (κ2) is 6.22. The highest BCUT2D eigenvalue weighted by Gasteiger charge is 2.51. The van der Waals surface area contributed by atoms with Crippen LogP contribution in [0.4, 0.5) is 4.79 Å². The largest absolute Gasteiger partial charge is 0.473 e. The zero-order valence-corrected chi connectivity index (χ0v) is 15.7. The maximum absolute atomic E-state index is 12.5. The summed E-state index contributed by atoms with van der Waals surface area (Å²) in [6.45, 7) is 6.39. The van der Waals surface area contributed by atoms with Crippen LogP contribution in [-0.4, -0.2) is 18.3 Å². The van der Waals surface area contributed by atoms with E-state index in [1.165, 1.54) is 44.1 Å². The van der Waals surface area contributed by atoms with E-state index < -0.39 is 0 Å². The summed E-state index contributed by atoms with van der Waals surface area (Å²) in [5.74, 6) is 3.39. The number of carbonyl (C=O) groups is 1. The van der Waals surface area contributed by atoms with Gasteiger partial charge in [0.05, 0.1) is 0 Å². The lowest BCUT2D eigenvalue weighted by molar-refractivity contribution is -0.0137. The third kappa shape index (κ3) is 3.23. The number of urea groups is 1. The molecule has 1 aromatic rings. The molecule has 4 aliphatic rings. The summed E-state index contributed by atoms with van der Waals surface area (Å²) in [5, 5.41) is 6.23. The lowest BCUT2D eigenvalue weighted by Crippen LogP contribution is -2.61. The maximum Gasteiger partial charge on any atom is 0.317 e. The Morgan fingerprint density at radius 2 is 1.60 bits per heavy atom. The Labute approximate surface area is 150 Å². The lowest BCUT2D eigenvalue weighted by atomic mass is 9.53. The number of nitrogens with one attached hydrogen (secondary N) is 2. The van der Waals surface area contributed by atoms with Crippen molar-refractivity contribution in [3.05, 3.63) is 28.8 Å². The zero-order valence-electron chi connectivity index (χ0n) is 15.7. The number of benzene rings is 1. The molecule has 0 spiro atoms. The highest BCUT2D eigenvalue weighted by molar-refractivity contribution is 5.74. The summed E-state index contributed by atoms with van der Waals surface area (Å²) in [6, 6.07) is 4.09. The molecule has 4 heteroatoms. The first-order chi connectivity index (χ1) is 11.9. The van der Waals surface area contributed by atoms with E-state index in [4.69, 9.17) is 4.74 Å². The smallest absolute Gasteiger partial charge is 0.317 e. The van der Waals surface area contributed by atoms with Gasteiger partial charge < -0.3 is 15.4 Å². The summed E-state index contributed by atoms with van der Waals surface area (Å²) < 4.78 is 5.87. The molecule has 5 rings (SSSR count). The number of ether oxygens (including phenoxy) is 1. The fourth-order valence-corrected chi connectivity index (χ4v) is 5.87. The SMILES string of the molecule is Cc1ccc(C)c(OCNC(=O)NC23CC4CC(CC(C4)C2)C3)c1C. The molecule has 4 fully saturated rings. The molecule has 2 amide bonds. The molecule has 0 heterocycles. The first-order valence-electron chi connectivity index (χ1n) is 9.70.